The van der Waals surface area contributed by atoms with Gasteiger partial charge >= 0.3 is 5.97 Å². The number of carbonyl (C=O) groups excluding carboxylic acids is 1. The maximum atomic E-state index is 13.5. The first-order chi connectivity index (χ1) is 13.0. The van der Waals surface area contributed by atoms with Gasteiger partial charge in [-0.1, -0.05) is 30.3 Å². The number of benzene rings is 2. The van der Waals surface area contributed by atoms with E-state index < -0.39 is 35.2 Å². The highest BCUT2D eigenvalue weighted by Gasteiger charge is 2.15. The van der Waals surface area contributed by atoms with Crippen molar-refractivity contribution in [2.24, 2.45) is 0 Å². The van der Waals surface area contributed by atoms with E-state index in [9.17, 15) is 18.4 Å². The average molecular weight is 372 g/mol. The highest BCUT2D eigenvalue weighted by Crippen LogP contribution is 2.13. The highest BCUT2D eigenvalue weighted by atomic mass is 19.1. The molecule has 0 aliphatic heterocycles. The van der Waals surface area contributed by atoms with Crippen LogP contribution in [0, 0.1) is 11.6 Å². The van der Waals surface area contributed by atoms with Gasteiger partial charge in [-0.2, -0.15) is 0 Å². The molecule has 138 valence electrons. The van der Waals surface area contributed by atoms with Crippen molar-refractivity contribution in [2.75, 3.05) is 0 Å². The molecule has 0 saturated heterocycles. The predicted molar refractivity (Wildman–Crippen MR) is 91.2 cm³/mol. The molecule has 0 radical (unpaired) electrons. The van der Waals surface area contributed by atoms with Crippen molar-refractivity contribution in [2.45, 2.75) is 13.2 Å². The summed E-state index contributed by atoms with van der Waals surface area (Å²) < 4.78 is 42.1. The van der Waals surface area contributed by atoms with E-state index >= 15 is 0 Å². The number of carbonyl (C=O) groups is 1. The van der Waals surface area contributed by atoms with Gasteiger partial charge in [0.05, 0.1) is 5.56 Å². The molecule has 0 aliphatic rings. The number of halogens is 2. The summed E-state index contributed by atoms with van der Waals surface area (Å²) in [5, 5.41) is 0. The predicted octanol–water partition coefficient (Wildman–Crippen LogP) is 3.85. The fraction of sp³-hybridized carbons (Fsp3) is 0.100. The van der Waals surface area contributed by atoms with Crippen LogP contribution in [-0.2, 0) is 18.0 Å². The van der Waals surface area contributed by atoms with E-state index in [0.29, 0.717) is 0 Å². The van der Waals surface area contributed by atoms with E-state index in [-0.39, 0.29) is 18.1 Å². The standard InChI is InChI=1S/C20H14F2O5/c21-14-6-7-17(22)16(8-14)20(24)27-11-15-9-18(23)19(12-25-15)26-10-13-4-2-1-3-5-13/h1-9,12H,10-11H2. The van der Waals surface area contributed by atoms with Gasteiger partial charge in [-0.25, -0.2) is 13.6 Å². The average Bonchev–Trinajstić information content (AvgIpc) is 2.68. The lowest BCUT2D eigenvalue weighted by atomic mass is 10.2. The van der Waals surface area contributed by atoms with Crippen molar-refractivity contribution < 1.29 is 27.5 Å². The van der Waals surface area contributed by atoms with Gasteiger partial charge in [-0.15, -0.1) is 0 Å². The molecule has 0 saturated carbocycles. The van der Waals surface area contributed by atoms with E-state index in [0.717, 1.165) is 36.1 Å². The van der Waals surface area contributed by atoms with Crippen LogP contribution in [0.2, 0.25) is 0 Å². The third kappa shape index (κ3) is 4.78. The molecule has 0 N–H and O–H groups in total. The Morgan fingerprint density at radius 3 is 2.52 bits per heavy atom. The Kier molecular flexibility index (Phi) is 5.61. The number of hydrogen-bond donors (Lipinski definition) is 0. The Labute approximate surface area is 152 Å². The molecule has 7 heteroatoms. The number of esters is 1. The van der Waals surface area contributed by atoms with E-state index in [1.165, 1.54) is 0 Å². The maximum absolute atomic E-state index is 13.5. The van der Waals surface area contributed by atoms with Crippen molar-refractivity contribution >= 4 is 5.97 Å². The lowest BCUT2D eigenvalue weighted by molar-refractivity contribution is 0.0436. The molecule has 0 spiro atoms. The third-order valence-electron chi connectivity index (χ3n) is 3.58. The van der Waals surface area contributed by atoms with Crippen LogP contribution >= 0.6 is 0 Å². The highest BCUT2D eigenvalue weighted by molar-refractivity contribution is 5.89. The molecular weight excluding hydrogens is 358 g/mol. The van der Waals surface area contributed by atoms with Crippen LogP contribution in [0.25, 0.3) is 0 Å². The van der Waals surface area contributed by atoms with Crippen LogP contribution in [0.1, 0.15) is 21.7 Å². The van der Waals surface area contributed by atoms with E-state index in [4.69, 9.17) is 13.9 Å². The summed E-state index contributed by atoms with van der Waals surface area (Å²) >= 11 is 0. The second-order valence-electron chi connectivity index (χ2n) is 5.55. The van der Waals surface area contributed by atoms with E-state index in [1.807, 2.05) is 30.3 Å². The van der Waals surface area contributed by atoms with Gasteiger partial charge in [-0.05, 0) is 23.8 Å². The summed E-state index contributed by atoms with van der Waals surface area (Å²) in [5.74, 6) is -2.70. The van der Waals surface area contributed by atoms with Crippen LogP contribution in [0.15, 0.2) is 70.1 Å². The lowest BCUT2D eigenvalue weighted by Crippen LogP contribution is -2.11. The third-order valence-corrected chi connectivity index (χ3v) is 3.58. The van der Waals surface area contributed by atoms with Gasteiger partial charge in [0, 0.05) is 6.07 Å². The zero-order chi connectivity index (χ0) is 19.2. The zero-order valence-corrected chi connectivity index (χ0v) is 14.0. The zero-order valence-electron chi connectivity index (χ0n) is 14.0. The first-order valence-electron chi connectivity index (χ1n) is 7.93. The molecule has 3 aromatic rings. The van der Waals surface area contributed by atoms with E-state index in [2.05, 4.69) is 0 Å². The minimum absolute atomic E-state index is 0.00473. The summed E-state index contributed by atoms with van der Waals surface area (Å²) in [5.41, 5.74) is -0.118. The molecule has 0 aliphatic carbocycles. The maximum Gasteiger partial charge on any atom is 0.341 e. The quantitative estimate of drug-likeness (QED) is 0.615. The summed E-state index contributed by atoms with van der Waals surface area (Å²) in [4.78, 5) is 23.9. The van der Waals surface area contributed by atoms with Crippen molar-refractivity contribution in [1.29, 1.82) is 0 Å². The molecule has 5 nitrogen and oxygen atoms in total. The summed E-state index contributed by atoms with van der Waals surface area (Å²) in [6.07, 6.45) is 1.11. The SMILES string of the molecule is O=C(OCc1cc(=O)c(OCc2ccccc2)co1)c1cc(F)ccc1F. The molecule has 0 unspecified atom stereocenters. The summed E-state index contributed by atoms with van der Waals surface area (Å²) in [7, 11) is 0. The number of ether oxygens (including phenoxy) is 2. The molecule has 3 rings (SSSR count). The smallest absolute Gasteiger partial charge is 0.341 e. The van der Waals surface area contributed by atoms with Gasteiger partial charge < -0.3 is 13.9 Å². The van der Waals surface area contributed by atoms with Gasteiger partial charge in [-0.3, -0.25) is 4.79 Å². The second-order valence-corrected chi connectivity index (χ2v) is 5.55. The van der Waals surface area contributed by atoms with Gasteiger partial charge in [0.2, 0.25) is 11.2 Å². The molecule has 2 aromatic carbocycles. The molecule has 0 fully saturated rings. The normalized spacial score (nSPS) is 10.4. The molecule has 0 atom stereocenters. The largest absolute Gasteiger partial charge is 0.482 e. The molecule has 1 aromatic heterocycles. The van der Waals surface area contributed by atoms with Gasteiger partial charge in [0.1, 0.15) is 36.9 Å². The minimum atomic E-state index is -1.07. The van der Waals surface area contributed by atoms with Gasteiger partial charge in [0.25, 0.3) is 0 Å². The topological polar surface area (TPSA) is 65.7 Å². The van der Waals surface area contributed by atoms with Crippen LogP contribution in [0.5, 0.6) is 5.75 Å². The van der Waals surface area contributed by atoms with Gasteiger partial charge in [0.15, 0.2) is 0 Å². The monoisotopic (exact) mass is 372 g/mol. The van der Waals surface area contributed by atoms with Crippen molar-refractivity contribution in [3.63, 3.8) is 0 Å². The fourth-order valence-electron chi connectivity index (χ4n) is 2.22. The fourth-order valence-corrected chi connectivity index (χ4v) is 2.22. The Morgan fingerprint density at radius 1 is 1.00 bits per heavy atom. The molecule has 0 amide bonds. The summed E-state index contributed by atoms with van der Waals surface area (Å²) in [6.45, 7) is -0.220. The van der Waals surface area contributed by atoms with Crippen LogP contribution < -0.4 is 10.2 Å². The van der Waals surface area contributed by atoms with Crippen molar-refractivity contribution in [3.05, 3.63) is 99.6 Å². The lowest BCUT2D eigenvalue weighted by Gasteiger charge is -2.07. The van der Waals surface area contributed by atoms with Crippen molar-refractivity contribution in [3.8, 4) is 5.75 Å². The molecule has 1 heterocycles. The summed E-state index contributed by atoms with van der Waals surface area (Å²) in [6, 6.07) is 12.8. The Balaban J connectivity index is 1.61. The Morgan fingerprint density at radius 2 is 1.78 bits per heavy atom. The first kappa shape index (κ1) is 18.3. The number of rotatable bonds is 6. The molecule has 0 bridgehead atoms. The Bertz CT molecular complexity index is 999. The molecular formula is C20H14F2O5. The molecule has 27 heavy (non-hydrogen) atoms. The van der Waals surface area contributed by atoms with Crippen LogP contribution in [0.4, 0.5) is 8.78 Å². The second kappa shape index (κ2) is 8.27. The van der Waals surface area contributed by atoms with Crippen LogP contribution in [-0.4, -0.2) is 5.97 Å². The number of hydrogen-bond acceptors (Lipinski definition) is 5. The van der Waals surface area contributed by atoms with Crippen molar-refractivity contribution in [1.82, 2.24) is 0 Å². The minimum Gasteiger partial charge on any atom is -0.482 e. The Hall–Kier alpha value is -3.48. The van der Waals surface area contributed by atoms with Crippen LogP contribution in [0.3, 0.4) is 0 Å². The van der Waals surface area contributed by atoms with E-state index in [1.54, 1.807) is 0 Å². The first-order valence-corrected chi connectivity index (χ1v) is 7.93.